The predicted molar refractivity (Wildman–Crippen MR) is 99.8 cm³/mol. The molecule has 0 aliphatic carbocycles. The summed E-state index contributed by atoms with van der Waals surface area (Å²) in [6.45, 7) is 1.98. The topological polar surface area (TPSA) is 67.4 Å². The van der Waals surface area contributed by atoms with Crippen LogP contribution in [0.3, 0.4) is 0 Å². The maximum Gasteiger partial charge on any atom is 0.253 e. The zero-order valence-electron chi connectivity index (χ0n) is 13.9. The Labute approximate surface area is 156 Å². The van der Waals surface area contributed by atoms with Crippen molar-refractivity contribution in [2.45, 2.75) is 13.3 Å². The van der Waals surface area contributed by atoms with Gasteiger partial charge in [-0.15, -0.1) is 0 Å². The molecule has 0 atom stereocenters. The first-order valence-corrected chi connectivity index (χ1v) is 8.37. The van der Waals surface area contributed by atoms with Gasteiger partial charge in [-0.1, -0.05) is 35.3 Å². The average Bonchev–Trinajstić information content (AvgIpc) is 2.57. The van der Waals surface area contributed by atoms with E-state index < -0.39 is 0 Å². The van der Waals surface area contributed by atoms with E-state index in [4.69, 9.17) is 27.9 Å². The van der Waals surface area contributed by atoms with Gasteiger partial charge in [-0.3, -0.25) is 9.59 Å². The van der Waals surface area contributed by atoms with E-state index in [9.17, 15) is 9.59 Å². The fraction of sp³-hybridized carbons (Fsp3) is 0.222. The number of ether oxygens (including phenoxy) is 1. The van der Waals surface area contributed by atoms with Crippen molar-refractivity contribution in [2.75, 3.05) is 19.0 Å². The van der Waals surface area contributed by atoms with Crippen molar-refractivity contribution < 1.29 is 14.3 Å². The van der Waals surface area contributed by atoms with Crippen LogP contribution in [0.2, 0.25) is 10.0 Å². The van der Waals surface area contributed by atoms with Crippen LogP contribution in [0.25, 0.3) is 0 Å². The third-order valence-electron chi connectivity index (χ3n) is 3.49. The quantitative estimate of drug-likeness (QED) is 0.793. The first-order valence-electron chi connectivity index (χ1n) is 7.61. The van der Waals surface area contributed by atoms with Crippen LogP contribution < -0.4 is 15.4 Å². The maximum absolute atomic E-state index is 12.1. The average molecular weight is 381 g/mol. The highest BCUT2D eigenvalue weighted by Crippen LogP contribution is 2.26. The lowest BCUT2D eigenvalue weighted by Crippen LogP contribution is -2.23. The summed E-state index contributed by atoms with van der Waals surface area (Å²) in [6.07, 6.45) is 0.126. The molecule has 2 N–H and O–H groups in total. The van der Waals surface area contributed by atoms with E-state index in [1.165, 1.54) is 0 Å². The SMILES string of the molecule is CNC(=O)c1c(C)cccc1NC(=O)CCOc1ccc(Cl)c(Cl)c1. The van der Waals surface area contributed by atoms with Crippen LogP contribution in [-0.2, 0) is 4.79 Å². The number of nitrogens with one attached hydrogen (secondary N) is 2. The molecule has 0 unspecified atom stereocenters. The second kappa shape index (κ2) is 8.74. The fourth-order valence-corrected chi connectivity index (χ4v) is 2.53. The second-order valence-electron chi connectivity index (χ2n) is 5.30. The summed E-state index contributed by atoms with van der Waals surface area (Å²) in [5.41, 5.74) is 1.70. The van der Waals surface area contributed by atoms with Gasteiger partial charge < -0.3 is 15.4 Å². The lowest BCUT2D eigenvalue weighted by Gasteiger charge is -2.13. The molecule has 0 radical (unpaired) electrons. The molecule has 25 heavy (non-hydrogen) atoms. The highest BCUT2D eigenvalue weighted by atomic mass is 35.5. The molecule has 132 valence electrons. The van der Waals surface area contributed by atoms with Crippen molar-refractivity contribution in [2.24, 2.45) is 0 Å². The van der Waals surface area contributed by atoms with Crippen molar-refractivity contribution in [3.8, 4) is 5.75 Å². The zero-order chi connectivity index (χ0) is 18.4. The minimum Gasteiger partial charge on any atom is -0.493 e. The second-order valence-corrected chi connectivity index (χ2v) is 6.11. The van der Waals surface area contributed by atoms with E-state index in [2.05, 4.69) is 10.6 Å². The number of hydrogen-bond acceptors (Lipinski definition) is 3. The number of aryl methyl sites for hydroxylation is 1. The zero-order valence-corrected chi connectivity index (χ0v) is 15.4. The Morgan fingerprint density at radius 1 is 1.12 bits per heavy atom. The van der Waals surface area contributed by atoms with Crippen molar-refractivity contribution >= 4 is 40.7 Å². The lowest BCUT2D eigenvalue weighted by atomic mass is 10.1. The minimum atomic E-state index is -0.254. The number of amides is 2. The first kappa shape index (κ1) is 19.1. The molecule has 0 aliphatic heterocycles. The lowest BCUT2D eigenvalue weighted by molar-refractivity contribution is -0.116. The van der Waals surface area contributed by atoms with Gasteiger partial charge in [0.05, 0.1) is 34.3 Å². The summed E-state index contributed by atoms with van der Waals surface area (Å²) < 4.78 is 5.49. The molecule has 0 aliphatic rings. The monoisotopic (exact) mass is 380 g/mol. The molecule has 7 heteroatoms. The minimum absolute atomic E-state index is 0.126. The number of anilines is 1. The van der Waals surface area contributed by atoms with E-state index in [0.29, 0.717) is 27.0 Å². The van der Waals surface area contributed by atoms with E-state index in [1.54, 1.807) is 37.4 Å². The van der Waals surface area contributed by atoms with Crippen molar-refractivity contribution in [1.82, 2.24) is 5.32 Å². The standard InChI is InChI=1S/C18H18Cl2N2O3/c1-11-4-3-5-15(17(11)18(24)21-2)22-16(23)8-9-25-12-6-7-13(19)14(20)10-12/h3-7,10H,8-9H2,1-2H3,(H,21,24)(H,22,23). The summed E-state index contributed by atoms with van der Waals surface area (Å²) in [7, 11) is 1.55. The Kier molecular flexibility index (Phi) is 6.67. The van der Waals surface area contributed by atoms with Crippen molar-refractivity contribution in [3.63, 3.8) is 0 Å². The highest BCUT2D eigenvalue weighted by molar-refractivity contribution is 6.42. The molecular formula is C18H18Cl2N2O3. The van der Waals surface area contributed by atoms with E-state index >= 15 is 0 Å². The van der Waals surface area contributed by atoms with Crippen LogP contribution in [0.1, 0.15) is 22.3 Å². The van der Waals surface area contributed by atoms with Crippen LogP contribution in [0.15, 0.2) is 36.4 Å². The molecule has 0 aromatic heterocycles. The Balaban J connectivity index is 1.95. The number of benzene rings is 2. The van der Waals surface area contributed by atoms with E-state index in [0.717, 1.165) is 5.56 Å². The molecule has 0 fully saturated rings. The number of carbonyl (C=O) groups is 2. The normalized spacial score (nSPS) is 10.2. The van der Waals surface area contributed by atoms with Gasteiger partial charge in [0.2, 0.25) is 5.91 Å². The number of rotatable bonds is 6. The molecule has 0 saturated heterocycles. The van der Waals surface area contributed by atoms with E-state index in [-0.39, 0.29) is 24.8 Å². The molecule has 2 rings (SSSR count). The number of carbonyl (C=O) groups excluding carboxylic acids is 2. The molecule has 0 saturated carbocycles. The Hall–Kier alpha value is -2.24. The molecule has 0 heterocycles. The Morgan fingerprint density at radius 3 is 2.56 bits per heavy atom. The van der Waals surface area contributed by atoms with Gasteiger partial charge in [0.1, 0.15) is 5.75 Å². The largest absolute Gasteiger partial charge is 0.493 e. The van der Waals surface area contributed by atoms with Gasteiger partial charge in [0.15, 0.2) is 0 Å². The number of hydrogen-bond donors (Lipinski definition) is 2. The molecule has 2 aromatic rings. The fourth-order valence-electron chi connectivity index (χ4n) is 2.24. The summed E-state index contributed by atoms with van der Waals surface area (Å²) in [6, 6.07) is 10.2. The third kappa shape index (κ3) is 5.11. The van der Waals surface area contributed by atoms with Gasteiger partial charge in [-0.05, 0) is 30.7 Å². The van der Waals surface area contributed by atoms with Gasteiger partial charge in [0, 0.05) is 13.1 Å². The third-order valence-corrected chi connectivity index (χ3v) is 4.23. The van der Waals surface area contributed by atoms with Gasteiger partial charge in [0.25, 0.3) is 5.91 Å². The predicted octanol–water partition coefficient (Wildman–Crippen LogP) is 4.07. The Morgan fingerprint density at radius 2 is 1.88 bits per heavy atom. The van der Waals surface area contributed by atoms with Crippen LogP contribution in [0.5, 0.6) is 5.75 Å². The van der Waals surface area contributed by atoms with E-state index in [1.807, 2.05) is 13.0 Å². The van der Waals surface area contributed by atoms with Crippen molar-refractivity contribution in [3.05, 3.63) is 57.6 Å². The summed E-state index contributed by atoms with van der Waals surface area (Å²) >= 11 is 11.7. The smallest absolute Gasteiger partial charge is 0.253 e. The maximum atomic E-state index is 12.1. The summed E-state index contributed by atoms with van der Waals surface area (Å²) in [5, 5.41) is 6.14. The number of halogens is 2. The van der Waals surface area contributed by atoms with Gasteiger partial charge in [-0.25, -0.2) is 0 Å². The van der Waals surface area contributed by atoms with Crippen LogP contribution >= 0.6 is 23.2 Å². The van der Waals surface area contributed by atoms with Crippen LogP contribution in [0, 0.1) is 6.92 Å². The summed E-state index contributed by atoms with van der Waals surface area (Å²) in [5.74, 6) is 0.0278. The van der Waals surface area contributed by atoms with Crippen molar-refractivity contribution in [1.29, 1.82) is 0 Å². The molecule has 5 nitrogen and oxygen atoms in total. The molecule has 0 bridgehead atoms. The molecule has 2 amide bonds. The Bertz CT molecular complexity index is 794. The highest BCUT2D eigenvalue weighted by Gasteiger charge is 2.14. The van der Waals surface area contributed by atoms with Gasteiger partial charge in [-0.2, -0.15) is 0 Å². The van der Waals surface area contributed by atoms with Crippen LogP contribution in [-0.4, -0.2) is 25.5 Å². The molecule has 0 spiro atoms. The molecular weight excluding hydrogens is 363 g/mol. The van der Waals surface area contributed by atoms with Gasteiger partial charge >= 0.3 is 0 Å². The molecule has 2 aromatic carbocycles. The summed E-state index contributed by atoms with van der Waals surface area (Å²) in [4.78, 5) is 24.1. The first-order chi connectivity index (χ1) is 11.9. The van der Waals surface area contributed by atoms with Crippen LogP contribution in [0.4, 0.5) is 5.69 Å².